The average molecular weight is 441 g/mol. The zero-order chi connectivity index (χ0) is 22.9. The van der Waals surface area contributed by atoms with E-state index in [1.54, 1.807) is 12.1 Å². The van der Waals surface area contributed by atoms with Crippen LogP contribution >= 0.6 is 0 Å². The Hall–Kier alpha value is -2.33. The highest BCUT2D eigenvalue weighted by Gasteiger charge is 2.48. The Kier molecular flexibility index (Phi) is 6.72. The van der Waals surface area contributed by atoms with Gasteiger partial charge >= 0.3 is 5.97 Å². The molecule has 0 saturated heterocycles. The molecular formula is C20H32N4O5S. The Bertz CT molecular complexity index is 937. The highest BCUT2D eigenvalue weighted by atomic mass is 32.2. The Morgan fingerprint density at radius 2 is 1.93 bits per heavy atom. The number of benzene rings is 1. The molecule has 1 heterocycles. The second kappa shape index (κ2) is 8.43. The molecule has 1 aliphatic rings. The fourth-order valence-electron chi connectivity index (χ4n) is 3.43. The summed E-state index contributed by atoms with van der Waals surface area (Å²) in [6.45, 7) is 10.4. The van der Waals surface area contributed by atoms with Gasteiger partial charge in [0.2, 0.25) is 10.0 Å². The maximum Gasteiger partial charge on any atom is 0.321 e. The van der Waals surface area contributed by atoms with Gasteiger partial charge in [0, 0.05) is 12.0 Å². The van der Waals surface area contributed by atoms with E-state index in [4.69, 9.17) is 16.2 Å². The van der Waals surface area contributed by atoms with Crippen LogP contribution in [0, 0.1) is 5.41 Å². The van der Waals surface area contributed by atoms with Crippen LogP contribution in [0.1, 0.15) is 58.9 Å². The lowest BCUT2D eigenvalue weighted by Crippen LogP contribution is -2.50. The molecule has 0 amide bonds. The molecule has 10 heteroatoms. The standard InChI is InChI=1S/C20H32N4O5S/c1-12-14-11-13(8-9-16(14)29-20(4,5)19(12,2)3)30(27,28)24-15(17(25)26)7-6-10-23-18(21)22/h8-9,11-12,15,24H,6-7,10H2,1-5H3,(H,25,26)(H4,21,22,23)/t12?,15-/m0/s1. The minimum absolute atomic E-state index is 0.00248. The number of carboxylic acid groups (broad SMARTS) is 1. The van der Waals surface area contributed by atoms with Gasteiger partial charge in [0.15, 0.2) is 5.96 Å². The third-order valence-electron chi connectivity index (χ3n) is 6.30. The second-order valence-electron chi connectivity index (χ2n) is 8.72. The number of fused-ring (bicyclic) bond motifs is 1. The van der Waals surface area contributed by atoms with Gasteiger partial charge in [-0.15, -0.1) is 0 Å². The lowest BCUT2D eigenvalue weighted by molar-refractivity contribution is -0.139. The second-order valence-corrected chi connectivity index (χ2v) is 10.4. The number of nitrogens with one attached hydrogen (secondary N) is 1. The van der Waals surface area contributed by atoms with Crippen LogP contribution in [0.4, 0.5) is 0 Å². The van der Waals surface area contributed by atoms with Crippen molar-refractivity contribution in [2.45, 2.75) is 69.9 Å². The largest absolute Gasteiger partial charge is 0.487 e. The first-order valence-corrected chi connectivity index (χ1v) is 11.3. The highest BCUT2D eigenvalue weighted by molar-refractivity contribution is 7.89. The normalized spacial score (nSPS) is 20.5. The van der Waals surface area contributed by atoms with E-state index < -0.39 is 27.6 Å². The molecule has 0 saturated carbocycles. The Morgan fingerprint density at radius 1 is 1.30 bits per heavy atom. The third-order valence-corrected chi connectivity index (χ3v) is 7.77. The van der Waals surface area contributed by atoms with Crippen LogP contribution in [0.15, 0.2) is 28.1 Å². The molecule has 30 heavy (non-hydrogen) atoms. The number of nitrogens with zero attached hydrogens (tertiary/aromatic N) is 1. The summed E-state index contributed by atoms with van der Waals surface area (Å²) in [5.74, 6) is -0.696. The van der Waals surface area contributed by atoms with E-state index >= 15 is 0 Å². The molecule has 1 aromatic carbocycles. The molecule has 0 radical (unpaired) electrons. The number of sulfonamides is 1. The summed E-state index contributed by atoms with van der Waals surface area (Å²) in [7, 11) is -4.05. The van der Waals surface area contributed by atoms with Gasteiger partial charge in [-0.05, 0) is 56.4 Å². The molecule has 1 aliphatic heterocycles. The molecule has 0 bridgehead atoms. The molecule has 1 aromatic rings. The van der Waals surface area contributed by atoms with Crippen LogP contribution in [0.25, 0.3) is 0 Å². The van der Waals surface area contributed by atoms with Crippen molar-refractivity contribution in [2.75, 3.05) is 6.54 Å². The van der Waals surface area contributed by atoms with E-state index in [9.17, 15) is 18.3 Å². The van der Waals surface area contributed by atoms with Crippen molar-refractivity contribution in [3.63, 3.8) is 0 Å². The maximum atomic E-state index is 12.9. The predicted octanol–water partition coefficient (Wildman–Crippen LogP) is 1.77. The van der Waals surface area contributed by atoms with Gasteiger partial charge in [-0.3, -0.25) is 9.79 Å². The van der Waals surface area contributed by atoms with Gasteiger partial charge in [-0.2, -0.15) is 4.72 Å². The number of hydrogen-bond donors (Lipinski definition) is 4. The smallest absolute Gasteiger partial charge is 0.321 e. The van der Waals surface area contributed by atoms with E-state index in [2.05, 4.69) is 23.6 Å². The van der Waals surface area contributed by atoms with Crippen LogP contribution in [-0.2, 0) is 14.8 Å². The average Bonchev–Trinajstić information content (AvgIpc) is 2.62. The SMILES string of the molecule is CC1c2cc(S(=O)(=O)N[C@@H](CCCN=C(N)N)C(=O)O)ccc2OC(C)(C)C1(C)C. The summed E-state index contributed by atoms with van der Waals surface area (Å²) in [4.78, 5) is 15.3. The van der Waals surface area contributed by atoms with Crippen molar-refractivity contribution in [1.82, 2.24) is 4.72 Å². The summed E-state index contributed by atoms with van der Waals surface area (Å²) in [6.07, 6.45) is 0.368. The molecule has 6 N–H and O–H groups in total. The number of hydrogen-bond acceptors (Lipinski definition) is 5. The van der Waals surface area contributed by atoms with E-state index in [0.29, 0.717) is 12.2 Å². The van der Waals surface area contributed by atoms with Gasteiger partial charge in [-0.1, -0.05) is 20.8 Å². The molecule has 9 nitrogen and oxygen atoms in total. The first-order chi connectivity index (χ1) is 13.7. The Balaban J connectivity index is 2.27. The summed E-state index contributed by atoms with van der Waals surface area (Å²) < 4.78 is 34.2. The highest BCUT2D eigenvalue weighted by Crippen LogP contribution is 2.52. The molecule has 0 spiro atoms. The third kappa shape index (κ3) is 4.86. The van der Waals surface area contributed by atoms with Crippen molar-refractivity contribution in [3.8, 4) is 5.75 Å². The first kappa shape index (κ1) is 23.9. The van der Waals surface area contributed by atoms with Gasteiger partial charge in [-0.25, -0.2) is 8.42 Å². The zero-order valence-corrected chi connectivity index (χ0v) is 18.9. The van der Waals surface area contributed by atoms with Crippen LogP contribution in [-0.4, -0.2) is 43.6 Å². The summed E-state index contributed by atoms with van der Waals surface area (Å²) in [5.41, 5.74) is 10.6. The van der Waals surface area contributed by atoms with Crippen LogP contribution in [0.3, 0.4) is 0 Å². The first-order valence-electron chi connectivity index (χ1n) is 9.82. The van der Waals surface area contributed by atoms with Crippen LogP contribution in [0.5, 0.6) is 5.75 Å². The van der Waals surface area contributed by atoms with Crippen molar-refractivity contribution in [3.05, 3.63) is 23.8 Å². The number of aliphatic carboxylic acids is 1. The summed E-state index contributed by atoms with van der Waals surface area (Å²) in [5, 5.41) is 9.42. The number of guanidine groups is 1. The predicted molar refractivity (Wildman–Crippen MR) is 115 cm³/mol. The van der Waals surface area contributed by atoms with E-state index in [0.717, 1.165) is 5.56 Å². The zero-order valence-electron chi connectivity index (χ0n) is 18.1. The van der Waals surface area contributed by atoms with Gasteiger partial charge in [0.1, 0.15) is 17.4 Å². The summed E-state index contributed by atoms with van der Waals surface area (Å²) >= 11 is 0. The number of rotatable bonds is 8. The Labute approximate surface area is 177 Å². The fourth-order valence-corrected chi connectivity index (χ4v) is 4.69. The molecule has 1 unspecified atom stereocenters. The molecule has 0 aromatic heterocycles. The monoisotopic (exact) mass is 440 g/mol. The minimum atomic E-state index is -4.05. The van der Waals surface area contributed by atoms with Gasteiger partial charge < -0.3 is 21.3 Å². The van der Waals surface area contributed by atoms with E-state index in [1.165, 1.54) is 6.07 Å². The lowest BCUT2D eigenvalue weighted by Gasteiger charge is -2.50. The number of carboxylic acids is 1. The molecule has 0 fully saturated rings. The summed E-state index contributed by atoms with van der Waals surface area (Å²) in [6, 6.07) is 3.34. The van der Waals surface area contributed by atoms with Crippen molar-refractivity contribution < 1.29 is 23.1 Å². The molecule has 168 valence electrons. The van der Waals surface area contributed by atoms with Crippen molar-refractivity contribution >= 4 is 22.0 Å². The molecule has 0 aliphatic carbocycles. The number of aliphatic imine (C=N–C) groups is 1. The molecule has 2 atom stereocenters. The topological polar surface area (TPSA) is 157 Å². The molecular weight excluding hydrogens is 408 g/mol. The number of ether oxygens (including phenoxy) is 1. The van der Waals surface area contributed by atoms with Crippen LogP contribution < -0.4 is 20.9 Å². The minimum Gasteiger partial charge on any atom is -0.487 e. The van der Waals surface area contributed by atoms with E-state index in [-0.39, 0.29) is 35.2 Å². The van der Waals surface area contributed by atoms with Crippen molar-refractivity contribution in [2.24, 2.45) is 21.9 Å². The Morgan fingerprint density at radius 3 is 2.50 bits per heavy atom. The number of carbonyl (C=O) groups is 1. The van der Waals surface area contributed by atoms with Gasteiger partial charge in [0.05, 0.1) is 4.90 Å². The quantitative estimate of drug-likeness (QED) is 0.272. The van der Waals surface area contributed by atoms with Crippen molar-refractivity contribution in [1.29, 1.82) is 0 Å². The van der Waals surface area contributed by atoms with E-state index in [1.807, 2.05) is 20.8 Å². The molecule has 2 rings (SSSR count). The number of nitrogens with two attached hydrogens (primary N) is 2. The van der Waals surface area contributed by atoms with Crippen LogP contribution in [0.2, 0.25) is 0 Å². The van der Waals surface area contributed by atoms with Gasteiger partial charge in [0.25, 0.3) is 0 Å². The lowest BCUT2D eigenvalue weighted by atomic mass is 9.64. The fraction of sp³-hybridized carbons (Fsp3) is 0.600. The maximum absolute atomic E-state index is 12.9.